The monoisotopic (exact) mass is 486 g/mol. The third-order valence-corrected chi connectivity index (χ3v) is 7.65. The van der Waals surface area contributed by atoms with E-state index in [1.54, 1.807) is 0 Å². The predicted molar refractivity (Wildman–Crippen MR) is 140 cm³/mol. The summed E-state index contributed by atoms with van der Waals surface area (Å²) >= 11 is 1.88. The molecule has 1 fully saturated rings. The van der Waals surface area contributed by atoms with E-state index in [0.717, 1.165) is 47.7 Å². The molecule has 0 bridgehead atoms. The molecule has 0 spiro atoms. The molecule has 2 aliphatic rings. The molecule has 2 aliphatic heterocycles. The number of hydrogen-bond donors (Lipinski definition) is 0. The van der Waals surface area contributed by atoms with Crippen molar-refractivity contribution in [3.63, 3.8) is 0 Å². The molecule has 1 saturated heterocycles. The van der Waals surface area contributed by atoms with Gasteiger partial charge in [0.1, 0.15) is 5.75 Å². The molecule has 0 aromatic heterocycles. The summed E-state index contributed by atoms with van der Waals surface area (Å²) in [5.74, 6) is 2.67. The first-order valence-electron chi connectivity index (χ1n) is 12.1. The van der Waals surface area contributed by atoms with Crippen molar-refractivity contribution in [2.45, 2.75) is 19.4 Å². The van der Waals surface area contributed by atoms with E-state index in [1.165, 1.54) is 5.56 Å². The molecular weight excluding hydrogens is 456 g/mol. The molecule has 3 aromatic carbocycles. The van der Waals surface area contributed by atoms with Gasteiger partial charge in [-0.05, 0) is 54.3 Å². The van der Waals surface area contributed by atoms with Crippen molar-refractivity contribution in [3.8, 4) is 5.75 Å². The molecule has 180 valence electrons. The highest BCUT2D eigenvalue weighted by atomic mass is 32.2. The SMILES string of the molecule is Cc1cccc([C@H]2c3cc(OCC(=O)N4CCSCC4)ccc3CCN2C(=O)c2ccccc2)c1. The fraction of sp³-hybridized carbons (Fsp3) is 0.310. The Morgan fingerprint density at radius 3 is 2.51 bits per heavy atom. The number of carbonyl (C=O) groups is 2. The number of rotatable bonds is 5. The number of thioether (sulfide) groups is 1. The van der Waals surface area contributed by atoms with Gasteiger partial charge in [0.15, 0.2) is 6.61 Å². The van der Waals surface area contributed by atoms with Crippen LogP contribution in [-0.2, 0) is 11.2 Å². The summed E-state index contributed by atoms with van der Waals surface area (Å²) in [6.07, 6.45) is 0.779. The van der Waals surface area contributed by atoms with Crippen LogP contribution >= 0.6 is 11.8 Å². The molecule has 6 heteroatoms. The molecule has 5 rings (SSSR count). The quantitative estimate of drug-likeness (QED) is 0.523. The van der Waals surface area contributed by atoms with E-state index in [1.807, 2.05) is 70.1 Å². The Balaban J connectivity index is 1.45. The molecule has 35 heavy (non-hydrogen) atoms. The zero-order chi connectivity index (χ0) is 24.2. The van der Waals surface area contributed by atoms with E-state index in [0.29, 0.717) is 17.9 Å². The molecule has 0 unspecified atom stereocenters. The molecule has 0 radical (unpaired) electrons. The van der Waals surface area contributed by atoms with Gasteiger partial charge in [0.05, 0.1) is 6.04 Å². The van der Waals surface area contributed by atoms with Crippen LogP contribution in [0.1, 0.15) is 38.7 Å². The summed E-state index contributed by atoms with van der Waals surface area (Å²) in [6.45, 7) is 4.31. The van der Waals surface area contributed by atoms with E-state index in [-0.39, 0.29) is 24.5 Å². The van der Waals surface area contributed by atoms with Crippen molar-refractivity contribution in [2.75, 3.05) is 37.7 Å². The smallest absolute Gasteiger partial charge is 0.260 e. The number of benzene rings is 3. The minimum atomic E-state index is -0.218. The van der Waals surface area contributed by atoms with E-state index in [2.05, 4.69) is 31.2 Å². The number of ether oxygens (including phenoxy) is 1. The van der Waals surface area contributed by atoms with Gasteiger partial charge in [-0.15, -0.1) is 0 Å². The van der Waals surface area contributed by atoms with Crippen molar-refractivity contribution in [1.29, 1.82) is 0 Å². The fourth-order valence-electron chi connectivity index (χ4n) is 4.90. The van der Waals surface area contributed by atoms with Crippen LogP contribution in [0.25, 0.3) is 0 Å². The highest BCUT2D eigenvalue weighted by Gasteiger charge is 2.33. The first kappa shape index (κ1) is 23.5. The second-order valence-electron chi connectivity index (χ2n) is 9.07. The number of aryl methyl sites for hydroxylation is 1. The summed E-state index contributed by atoms with van der Waals surface area (Å²) in [5, 5.41) is 0. The minimum absolute atomic E-state index is 0.0206. The Morgan fingerprint density at radius 2 is 1.74 bits per heavy atom. The Bertz CT molecular complexity index is 1210. The molecule has 0 aliphatic carbocycles. The average molecular weight is 487 g/mol. The maximum atomic E-state index is 13.6. The van der Waals surface area contributed by atoms with Crippen LogP contribution in [0.4, 0.5) is 0 Å². The van der Waals surface area contributed by atoms with Crippen LogP contribution in [0.3, 0.4) is 0 Å². The van der Waals surface area contributed by atoms with Gasteiger partial charge in [0.2, 0.25) is 0 Å². The molecule has 0 saturated carbocycles. The Morgan fingerprint density at radius 1 is 0.943 bits per heavy atom. The molecular formula is C29H30N2O3S. The highest BCUT2D eigenvalue weighted by Crippen LogP contribution is 2.38. The van der Waals surface area contributed by atoms with Gasteiger partial charge >= 0.3 is 0 Å². The summed E-state index contributed by atoms with van der Waals surface area (Å²) in [5.41, 5.74) is 5.19. The Kier molecular flexibility index (Phi) is 7.09. The summed E-state index contributed by atoms with van der Waals surface area (Å²) in [6, 6.07) is 23.6. The van der Waals surface area contributed by atoms with Gasteiger partial charge in [-0.1, -0.05) is 54.1 Å². The maximum absolute atomic E-state index is 13.6. The van der Waals surface area contributed by atoms with Crippen molar-refractivity contribution >= 4 is 23.6 Å². The van der Waals surface area contributed by atoms with Crippen LogP contribution in [0.15, 0.2) is 72.8 Å². The molecule has 2 heterocycles. The van der Waals surface area contributed by atoms with Gasteiger partial charge in [-0.3, -0.25) is 9.59 Å². The van der Waals surface area contributed by atoms with Crippen molar-refractivity contribution in [3.05, 3.63) is 101 Å². The largest absolute Gasteiger partial charge is 0.484 e. The Hall–Kier alpha value is -3.25. The standard InChI is InChI=1S/C29H30N2O3S/c1-21-6-5-9-24(18-21)28-26-19-25(34-20-27(32)30-14-16-35-17-15-30)11-10-22(26)12-13-31(28)29(33)23-7-3-2-4-8-23/h2-11,18-19,28H,12-17,20H2,1H3/t28-/m0/s1. The van der Waals surface area contributed by atoms with Crippen molar-refractivity contribution in [2.24, 2.45) is 0 Å². The maximum Gasteiger partial charge on any atom is 0.260 e. The molecule has 3 aromatic rings. The second kappa shape index (κ2) is 10.6. The lowest BCUT2D eigenvalue weighted by Crippen LogP contribution is -2.41. The topological polar surface area (TPSA) is 49.9 Å². The van der Waals surface area contributed by atoms with Crippen LogP contribution in [0.2, 0.25) is 0 Å². The first-order valence-corrected chi connectivity index (χ1v) is 13.3. The lowest BCUT2D eigenvalue weighted by Gasteiger charge is -2.38. The van der Waals surface area contributed by atoms with Crippen LogP contribution in [0, 0.1) is 6.92 Å². The predicted octanol–water partition coefficient (Wildman–Crippen LogP) is 4.74. The van der Waals surface area contributed by atoms with Gasteiger partial charge in [0, 0.05) is 36.7 Å². The lowest BCUT2D eigenvalue weighted by atomic mass is 9.87. The molecule has 1 atom stereocenters. The second-order valence-corrected chi connectivity index (χ2v) is 10.3. The summed E-state index contributed by atoms with van der Waals surface area (Å²) in [4.78, 5) is 30.1. The fourth-order valence-corrected chi connectivity index (χ4v) is 5.80. The minimum Gasteiger partial charge on any atom is -0.484 e. The van der Waals surface area contributed by atoms with E-state index in [9.17, 15) is 9.59 Å². The third kappa shape index (κ3) is 5.22. The number of amides is 2. The Labute approximate surface area is 211 Å². The third-order valence-electron chi connectivity index (χ3n) is 6.71. The zero-order valence-electron chi connectivity index (χ0n) is 20.0. The molecule has 0 N–H and O–H groups in total. The number of carbonyl (C=O) groups excluding carboxylic acids is 2. The van der Waals surface area contributed by atoms with Gasteiger partial charge < -0.3 is 14.5 Å². The normalized spacial score (nSPS) is 17.6. The number of nitrogens with zero attached hydrogens (tertiary/aromatic N) is 2. The van der Waals surface area contributed by atoms with Crippen LogP contribution in [-0.4, -0.2) is 59.4 Å². The summed E-state index contributed by atoms with van der Waals surface area (Å²) in [7, 11) is 0. The van der Waals surface area contributed by atoms with Crippen molar-refractivity contribution < 1.29 is 14.3 Å². The van der Waals surface area contributed by atoms with E-state index >= 15 is 0 Å². The van der Waals surface area contributed by atoms with Gasteiger partial charge in [-0.2, -0.15) is 11.8 Å². The molecule has 2 amide bonds. The highest BCUT2D eigenvalue weighted by molar-refractivity contribution is 7.99. The van der Waals surface area contributed by atoms with E-state index < -0.39 is 0 Å². The number of fused-ring (bicyclic) bond motifs is 1. The zero-order valence-corrected chi connectivity index (χ0v) is 20.8. The summed E-state index contributed by atoms with van der Waals surface area (Å²) < 4.78 is 5.97. The first-order chi connectivity index (χ1) is 17.1. The van der Waals surface area contributed by atoms with Crippen LogP contribution < -0.4 is 4.74 Å². The lowest BCUT2D eigenvalue weighted by molar-refractivity contribution is -0.133. The number of hydrogen-bond acceptors (Lipinski definition) is 4. The van der Waals surface area contributed by atoms with Crippen LogP contribution in [0.5, 0.6) is 5.75 Å². The van der Waals surface area contributed by atoms with Gasteiger partial charge in [-0.25, -0.2) is 0 Å². The molecule has 5 nitrogen and oxygen atoms in total. The van der Waals surface area contributed by atoms with E-state index in [4.69, 9.17) is 4.74 Å². The van der Waals surface area contributed by atoms with Gasteiger partial charge in [0.25, 0.3) is 11.8 Å². The average Bonchev–Trinajstić information content (AvgIpc) is 2.91. The van der Waals surface area contributed by atoms with Crippen molar-refractivity contribution in [1.82, 2.24) is 9.80 Å².